The van der Waals surface area contributed by atoms with Crippen molar-refractivity contribution in [2.75, 3.05) is 13.1 Å². The number of benzene rings is 1. The summed E-state index contributed by atoms with van der Waals surface area (Å²) in [5, 5.41) is 3.19. The lowest BCUT2D eigenvalue weighted by molar-refractivity contribution is -0.127. The van der Waals surface area contributed by atoms with Crippen molar-refractivity contribution >= 4 is 11.8 Å². The lowest BCUT2D eigenvalue weighted by atomic mass is 9.90. The van der Waals surface area contributed by atoms with Crippen LogP contribution in [0.1, 0.15) is 60.0 Å². The van der Waals surface area contributed by atoms with Gasteiger partial charge in [-0.25, -0.2) is 0 Å². The number of aryl methyl sites for hydroxylation is 2. The van der Waals surface area contributed by atoms with Crippen LogP contribution in [0.25, 0.3) is 0 Å². The number of hydrogen-bond acceptors (Lipinski definition) is 3. The van der Waals surface area contributed by atoms with Crippen molar-refractivity contribution < 1.29 is 9.59 Å². The van der Waals surface area contributed by atoms with Crippen molar-refractivity contribution in [2.45, 2.75) is 64.5 Å². The molecule has 0 spiro atoms. The van der Waals surface area contributed by atoms with Gasteiger partial charge in [0.05, 0.1) is 5.92 Å². The normalized spacial score (nSPS) is 26.4. The summed E-state index contributed by atoms with van der Waals surface area (Å²) >= 11 is 0. The maximum atomic E-state index is 12.9. The molecule has 3 N–H and O–H groups in total. The number of nitrogens with one attached hydrogen (secondary N) is 1. The molecular weight excluding hydrogens is 326 g/mol. The summed E-state index contributed by atoms with van der Waals surface area (Å²) in [6, 6.07) is 6.46. The summed E-state index contributed by atoms with van der Waals surface area (Å²) in [5.74, 6) is 0.0375. The molecule has 2 amide bonds. The fraction of sp³-hybridized carbons (Fsp3) is 0.619. The first-order valence-corrected chi connectivity index (χ1v) is 9.86. The Labute approximate surface area is 156 Å². The van der Waals surface area contributed by atoms with Gasteiger partial charge in [0.1, 0.15) is 0 Å². The molecule has 0 radical (unpaired) electrons. The van der Waals surface area contributed by atoms with E-state index in [0.29, 0.717) is 6.54 Å². The van der Waals surface area contributed by atoms with Crippen molar-refractivity contribution in [3.8, 4) is 0 Å². The van der Waals surface area contributed by atoms with Crippen molar-refractivity contribution in [3.63, 3.8) is 0 Å². The number of hydrogen-bond donors (Lipinski definition) is 2. The van der Waals surface area contributed by atoms with Gasteiger partial charge < -0.3 is 16.0 Å². The summed E-state index contributed by atoms with van der Waals surface area (Å²) in [6.07, 6.45) is 5.62. The molecule has 2 aliphatic rings. The molecule has 1 heterocycles. The van der Waals surface area contributed by atoms with Gasteiger partial charge in [0.2, 0.25) is 5.91 Å². The Bertz CT molecular complexity index is 645. The maximum absolute atomic E-state index is 12.9. The van der Waals surface area contributed by atoms with Crippen LogP contribution < -0.4 is 11.1 Å². The zero-order valence-corrected chi connectivity index (χ0v) is 16.0. The first kappa shape index (κ1) is 18.9. The van der Waals surface area contributed by atoms with Crippen LogP contribution in [0.3, 0.4) is 0 Å². The maximum Gasteiger partial charge on any atom is 0.253 e. The lowest BCUT2D eigenvalue weighted by Crippen LogP contribution is -2.48. The van der Waals surface area contributed by atoms with Gasteiger partial charge in [-0.05, 0) is 64.5 Å². The van der Waals surface area contributed by atoms with Gasteiger partial charge in [-0.3, -0.25) is 9.59 Å². The van der Waals surface area contributed by atoms with Gasteiger partial charge in [0, 0.05) is 30.7 Å². The SMILES string of the molecule is Cc1cc(C)cc(C(=O)N2CCCC(C(=O)NC3CCC(N)CC3)C2)c1. The highest BCUT2D eigenvalue weighted by Gasteiger charge is 2.30. The summed E-state index contributed by atoms with van der Waals surface area (Å²) in [4.78, 5) is 27.4. The smallest absolute Gasteiger partial charge is 0.253 e. The van der Waals surface area contributed by atoms with Crippen LogP contribution >= 0.6 is 0 Å². The molecule has 26 heavy (non-hydrogen) atoms. The van der Waals surface area contributed by atoms with E-state index in [1.165, 1.54) is 0 Å². The molecule has 2 fully saturated rings. The van der Waals surface area contributed by atoms with E-state index in [1.807, 2.05) is 30.9 Å². The molecule has 1 aromatic rings. The van der Waals surface area contributed by atoms with Crippen molar-refractivity contribution in [2.24, 2.45) is 11.7 Å². The second-order valence-corrected chi connectivity index (χ2v) is 8.09. The van der Waals surface area contributed by atoms with Gasteiger partial charge in [-0.15, -0.1) is 0 Å². The summed E-state index contributed by atoms with van der Waals surface area (Å²) in [5.41, 5.74) is 8.85. The van der Waals surface area contributed by atoms with Crippen LogP contribution in [0.5, 0.6) is 0 Å². The van der Waals surface area contributed by atoms with E-state index >= 15 is 0 Å². The average Bonchev–Trinajstić information content (AvgIpc) is 2.62. The standard InChI is InChI=1S/C21H31N3O2/c1-14-10-15(2)12-17(11-14)21(26)24-9-3-4-16(13-24)20(25)23-19-7-5-18(22)6-8-19/h10-12,16,18-19H,3-9,13,22H2,1-2H3,(H,23,25). The molecule has 1 unspecified atom stereocenters. The molecule has 1 atom stereocenters. The predicted octanol–water partition coefficient (Wildman–Crippen LogP) is 2.54. The molecule has 1 aromatic carbocycles. The van der Waals surface area contributed by atoms with Gasteiger partial charge in [0.15, 0.2) is 0 Å². The third-order valence-corrected chi connectivity index (χ3v) is 5.67. The van der Waals surface area contributed by atoms with E-state index in [1.54, 1.807) is 0 Å². The average molecular weight is 357 g/mol. The summed E-state index contributed by atoms with van der Waals surface area (Å²) < 4.78 is 0. The van der Waals surface area contributed by atoms with Crippen molar-refractivity contribution in [1.82, 2.24) is 10.2 Å². The van der Waals surface area contributed by atoms with Crippen molar-refractivity contribution in [3.05, 3.63) is 34.9 Å². The van der Waals surface area contributed by atoms with E-state index in [2.05, 4.69) is 11.4 Å². The molecule has 1 saturated heterocycles. The summed E-state index contributed by atoms with van der Waals surface area (Å²) in [6.45, 7) is 5.26. The van der Waals surface area contributed by atoms with E-state index < -0.39 is 0 Å². The minimum atomic E-state index is -0.103. The number of likely N-dealkylation sites (tertiary alicyclic amines) is 1. The molecule has 1 aliphatic carbocycles. The van der Waals surface area contributed by atoms with Gasteiger partial charge in [0.25, 0.3) is 5.91 Å². The van der Waals surface area contributed by atoms with Crippen LogP contribution in [0.15, 0.2) is 18.2 Å². The Balaban J connectivity index is 1.59. The lowest BCUT2D eigenvalue weighted by Gasteiger charge is -2.34. The molecule has 1 saturated carbocycles. The first-order chi connectivity index (χ1) is 12.4. The molecular formula is C21H31N3O2. The minimum Gasteiger partial charge on any atom is -0.353 e. The Morgan fingerprint density at radius 2 is 1.69 bits per heavy atom. The molecule has 1 aliphatic heterocycles. The Hall–Kier alpha value is -1.88. The third kappa shape index (κ3) is 4.64. The quantitative estimate of drug-likeness (QED) is 0.873. The molecule has 142 valence electrons. The van der Waals surface area contributed by atoms with Gasteiger partial charge >= 0.3 is 0 Å². The minimum absolute atomic E-state index is 0.0398. The highest BCUT2D eigenvalue weighted by Crippen LogP contribution is 2.22. The largest absolute Gasteiger partial charge is 0.353 e. The number of piperidine rings is 1. The Kier molecular flexibility index (Phi) is 5.97. The fourth-order valence-electron chi connectivity index (χ4n) is 4.24. The monoisotopic (exact) mass is 357 g/mol. The van der Waals surface area contributed by atoms with Crippen LogP contribution in [0.2, 0.25) is 0 Å². The number of carbonyl (C=O) groups is 2. The number of rotatable bonds is 3. The van der Waals surface area contributed by atoms with Crippen LogP contribution in [-0.2, 0) is 4.79 Å². The second-order valence-electron chi connectivity index (χ2n) is 8.09. The van der Waals surface area contributed by atoms with E-state index in [4.69, 9.17) is 5.73 Å². The second kappa shape index (κ2) is 8.21. The topological polar surface area (TPSA) is 75.4 Å². The van der Waals surface area contributed by atoms with Crippen LogP contribution in [0, 0.1) is 19.8 Å². The van der Waals surface area contributed by atoms with Crippen LogP contribution in [-0.4, -0.2) is 41.9 Å². The predicted molar refractivity (Wildman–Crippen MR) is 103 cm³/mol. The van der Waals surface area contributed by atoms with Crippen molar-refractivity contribution in [1.29, 1.82) is 0 Å². The highest BCUT2D eigenvalue weighted by atomic mass is 16.2. The molecule has 3 rings (SSSR count). The highest BCUT2D eigenvalue weighted by molar-refractivity contribution is 5.95. The van der Waals surface area contributed by atoms with Gasteiger partial charge in [-0.2, -0.15) is 0 Å². The number of nitrogens with two attached hydrogens (primary N) is 1. The molecule has 0 bridgehead atoms. The zero-order valence-electron chi connectivity index (χ0n) is 16.0. The molecule has 5 heteroatoms. The first-order valence-electron chi connectivity index (χ1n) is 9.86. The van der Waals surface area contributed by atoms with E-state index in [0.717, 1.165) is 61.8 Å². The Morgan fingerprint density at radius 1 is 1.04 bits per heavy atom. The zero-order chi connectivity index (χ0) is 18.7. The summed E-state index contributed by atoms with van der Waals surface area (Å²) in [7, 11) is 0. The molecule has 0 aromatic heterocycles. The molecule has 5 nitrogen and oxygen atoms in total. The Morgan fingerprint density at radius 3 is 2.35 bits per heavy atom. The number of nitrogens with zero attached hydrogens (tertiary/aromatic N) is 1. The third-order valence-electron chi connectivity index (χ3n) is 5.67. The van der Waals surface area contributed by atoms with E-state index in [9.17, 15) is 9.59 Å². The number of carbonyl (C=O) groups excluding carboxylic acids is 2. The van der Waals surface area contributed by atoms with Crippen LogP contribution in [0.4, 0.5) is 0 Å². The number of amides is 2. The van der Waals surface area contributed by atoms with Gasteiger partial charge in [-0.1, -0.05) is 17.2 Å². The fourth-order valence-corrected chi connectivity index (χ4v) is 4.24. The van der Waals surface area contributed by atoms with E-state index in [-0.39, 0.29) is 29.8 Å².